The van der Waals surface area contributed by atoms with E-state index in [9.17, 15) is 14.2 Å². The van der Waals surface area contributed by atoms with Crippen molar-refractivity contribution < 1.29 is 45.9 Å². The van der Waals surface area contributed by atoms with Crippen molar-refractivity contribution in [2.75, 3.05) is 18.5 Å². The summed E-state index contributed by atoms with van der Waals surface area (Å²) < 4.78 is 75.8. The Morgan fingerprint density at radius 3 is 2.76 bits per heavy atom. The number of phosphoric ester groups is 1. The molecular weight excluding hydrogens is 531 g/mol. The molecule has 204 valence electrons. The largest absolute Gasteiger partial charge is 0.486 e. The lowest BCUT2D eigenvalue weighted by Crippen LogP contribution is -2.45. The number of rotatable bonds is 5. The average molecular weight is 555 g/mol. The van der Waals surface area contributed by atoms with Crippen molar-refractivity contribution >= 4 is 19.5 Å². The van der Waals surface area contributed by atoms with E-state index in [0.717, 1.165) is 19.0 Å². The van der Waals surface area contributed by atoms with E-state index in [4.69, 9.17) is 27.8 Å². The third-order valence-corrected chi connectivity index (χ3v) is 8.11. The van der Waals surface area contributed by atoms with Crippen LogP contribution >= 0.6 is 7.82 Å². The second kappa shape index (κ2) is 8.82. The number of anilines is 1. The molecule has 4 aliphatic rings. The lowest BCUT2D eigenvalue weighted by molar-refractivity contribution is -0.139. The van der Waals surface area contributed by atoms with Crippen molar-refractivity contribution in [2.24, 2.45) is 0 Å². The molecule has 3 aliphatic heterocycles. The molecular formula is C23H24F2N3O9P. The summed E-state index contributed by atoms with van der Waals surface area (Å²) in [5, 5.41) is 2.47. The maximum atomic E-state index is 15.3. The van der Waals surface area contributed by atoms with E-state index >= 15 is 8.78 Å². The number of carbonyl (C=O) groups is 1. The number of nitrogens with one attached hydrogen (secondary N) is 1. The summed E-state index contributed by atoms with van der Waals surface area (Å²) in [7, 11) is -4.24. The molecule has 1 aliphatic carbocycles. The Hall–Kier alpha value is -2.90. The normalized spacial score (nSPS) is 30.2. The summed E-state index contributed by atoms with van der Waals surface area (Å²) in [6, 6.07) is 5.86. The summed E-state index contributed by atoms with van der Waals surface area (Å²) in [4.78, 5) is 29.2. The van der Waals surface area contributed by atoms with Gasteiger partial charge in [-0.3, -0.25) is 22.9 Å². The zero-order valence-corrected chi connectivity index (χ0v) is 21.2. The highest BCUT2D eigenvalue weighted by molar-refractivity contribution is 7.48. The monoisotopic (exact) mass is 555 g/mol. The van der Waals surface area contributed by atoms with Crippen molar-refractivity contribution in [1.82, 2.24) is 9.55 Å². The molecule has 1 amide bonds. The van der Waals surface area contributed by atoms with Crippen molar-refractivity contribution in [3.05, 3.63) is 46.5 Å². The standard InChI is InChI=1S/C23H24F2N3O9P/c1-12(2)36-38(31)33-10-16-18(37-38)23(24,25)20(34-16)28-8-5-17(27-21(28)30)26-19(29)13-3-4-14-15(9-13)35-22(6-7-22)11-32-14/h3-5,8-9,12,16,18,20H,6-7,10-11H2,1-2H3,(H,26,27,29,30)/t16?,18-,20?,38?/m1/s1. The van der Waals surface area contributed by atoms with E-state index in [1.807, 2.05) is 0 Å². The summed E-state index contributed by atoms with van der Waals surface area (Å²) in [6.45, 7) is 3.08. The van der Waals surface area contributed by atoms with Gasteiger partial charge >= 0.3 is 19.4 Å². The highest BCUT2D eigenvalue weighted by Crippen LogP contribution is 2.60. The van der Waals surface area contributed by atoms with E-state index in [0.29, 0.717) is 22.7 Å². The van der Waals surface area contributed by atoms with Crippen LogP contribution in [0.5, 0.6) is 11.5 Å². The highest BCUT2D eigenvalue weighted by atomic mass is 31.2. The topological polar surface area (TPSA) is 136 Å². The first kappa shape index (κ1) is 25.4. The second-order valence-electron chi connectivity index (χ2n) is 9.82. The van der Waals surface area contributed by atoms with Gasteiger partial charge in [0.2, 0.25) is 6.23 Å². The van der Waals surface area contributed by atoms with Gasteiger partial charge in [-0.1, -0.05) is 0 Å². The number of hydrogen-bond donors (Lipinski definition) is 1. The number of phosphoric acid groups is 1. The number of benzene rings is 1. The van der Waals surface area contributed by atoms with Crippen LogP contribution in [0.15, 0.2) is 35.3 Å². The molecule has 2 aromatic rings. The van der Waals surface area contributed by atoms with Gasteiger partial charge in [-0.2, -0.15) is 13.8 Å². The Morgan fingerprint density at radius 2 is 2.05 bits per heavy atom. The van der Waals surface area contributed by atoms with Gasteiger partial charge in [-0.15, -0.1) is 0 Å². The Bertz CT molecular complexity index is 1400. The molecule has 1 spiro atoms. The minimum Gasteiger partial charge on any atom is -0.486 e. The molecule has 4 atom stereocenters. The fourth-order valence-electron chi connectivity index (χ4n) is 4.43. The van der Waals surface area contributed by atoms with Crippen LogP contribution in [0.25, 0.3) is 0 Å². The highest BCUT2D eigenvalue weighted by Gasteiger charge is 2.65. The quantitative estimate of drug-likeness (QED) is 0.548. The molecule has 4 heterocycles. The fraction of sp³-hybridized carbons (Fsp3) is 0.522. The number of alkyl halides is 2. The number of amides is 1. The molecule has 0 bridgehead atoms. The zero-order chi connectivity index (χ0) is 26.9. The van der Waals surface area contributed by atoms with E-state index in [1.54, 1.807) is 19.9 Å². The van der Waals surface area contributed by atoms with Crippen molar-refractivity contribution in [2.45, 2.75) is 62.8 Å². The van der Waals surface area contributed by atoms with Gasteiger partial charge in [-0.25, -0.2) is 9.36 Å². The van der Waals surface area contributed by atoms with E-state index < -0.39 is 56.5 Å². The van der Waals surface area contributed by atoms with E-state index in [-0.39, 0.29) is 17.0 Å². The van der Waals surface area contributed by atoms with Crippen LogP contribution in [0.2, 0.25) is 0 Å². The molecule has 3 fully saturated rings. The molecule has 12 nitrogen and oxygen atoms in total. The third kappa shape index (κ3) is 4.50. The molecule has 38 heavy (non-hydrogen) atoms. The maximum Gasteiger partial charge on any atom is 0.475 e. The molecule has 1 N–H and O–H groups in total. The van der Waals surface area contributed by atoms with Gasteiger partial charge in [0.05, 0.1) is 12.7 Å². The molecule has 0 radical (unpaired) electrons. The number of aromatic nitrogens is 2. The first-order chi connectivity index (χ1) is 18.0. The Morgan fingerprint density at radius 1 is 1.26 bits per heavy atom. The minimum absolute atomic E-state index is 0.155. The van der Waals surface area contributed by atoms with Gasteiger partial charge in [0, 0.05) is 11.8 Å². The number of carbonyl (C=O) groups excluding carboxylic acids is 1. The van der Waals surface area contributed by atoms with Crippen molar-refractivity contribution in [1.29, 1.82) is 0 Å². The Kier molecular flexibility index (Phi) is 5.89. The van der Waals surface area contributed by atoms with Crippen LogP contribution in [-0.2, 0) is 22.9 Å². The molecule has 3 unspecified atom stereocenters. The molecule has 2 saturated heterocycles. The average Bonchev–Trinajstić information content (AvgIpc) is 3.55. The summed E-state index contributed by atoms with van der Waals surface area (Å²) in [5.41, 5.74) is -1.20. The summed E-state index contributed by atoms with van der Waals surface area (Å²) >= 11 is 0. The third-order valence-electron chi connectivity index (χ3n) is 6.48. The smallest absolute Gasteiger partial charge is 0.475 e. The number of ether oxygens (including phenoxy) is 3. The van der Waals surface area contributed by atoms with Crippen LogP contribution in [0.1, 0.15) is 43.3 Å². The SMILES string of the molecule is CC(C)OP1(=O)OCC2OC(n3ccc(NC(=O)c4ccc5c(c4)OC4(CC4)CO5)nc3=O)C(F)(F)[C@@H]2O1. The van der Waals surface area contributed by atoms with Crippen molar-refractivity contribution in [3.8, 4) is 11.5 Å². The van der Waals surface area contributed by atoms with Gasteiger partial charge in [0.15, 0.2) is 17.6 Å². The lowest BCUT2D eigenvalue weighted by atomic mass is 10.1. The van der Waals surface area contributed by atoms with E-state index in [2.05, 4.69) is 10.3 Å². The van der Waals surface area contributed by atoms with Crippen LogP contribution < -0.4 is 20.5 Å². The van der Waals surface area contributed by atoms with Crippen LogP contribution in [0.4, 0.5) is 14.6 Å². The predicted octanol–water partition coefficient (Wildman–Crippen LogP) is 3.28. The molecule has 1 saturated carbocycles. The van der Waals surface area contributed by atoms with Crippen LogP contribution in [0.3, 0.4) is 0 Å². The first-order valence-corrected chi connectivity index (χ1v) is 13.4. The fourth-order valence-corrected chi connectivity index (χ4v) is 6.01. The van der Waals surface area contributed by atoms with E-state index in [1.165, 1.54) is 18.2 Å². The minimum atomic E-state index is -4.24. The van der Waals surface area contributed by atoms with Gasteiger partial charge in [0.25, 0.3) is 5.91 Å². The Labute approximate surface area is 214 Å². The number of hydrogen-bond acceptors (Lipinski definition) is 10. The zero-order valence-electron chi connectivity index (χ0n) is 20.3. The molecule has 6 rings (SSSR count). The van der Waals surface area contributed by atoms with Gasteiger partial charge < -0.3 is 19.5 Å². The van der Waals surface area contributed by atoms with Gasteiger partial charge in [0.1, 0.15) is 24.1 Å². The van der Waals surface area contributed by atoms with Crippen LogP contribution in [-0.4, -0.2) is 58.5 Å². The predicted molar refractivity (Wildman–Crippen MR) is 124 cm³/mol. The Balaban J connectivity index is 1.17. The lowest BCUT2D eigenvalue weighted by Gasteiger charge is -2.32. The summed E-state index contributed by atoms with van der Waals surface area (Å²) in [5.74, 6) is -3.54. The molecule has 1 aromatic carbocycles. The summed E-state index contributed by atoms with van der Waals surface area (Å²) in [6.07, 6.45) is -3.21. The number of fused-ring (bicyclic) bond motifs is 2. The van der Waals surface area contributed by atoms with Gasteiger partial charge in [-0.05, 0) is 51.0 Å². The first-order valence-electron chi connectivity index (χ1n) is 12.0. The number of halogens is 2. The number of nitrogens with zero attached hydrogens (tertiary/aromatic N) is 2. The maximum absolute atomic E-state index is 15.3. The molecule has 15 heteroatoms. The molecule has 1 aromatic heterocycles. The second-order valence-corrected chi connectivity index (χ2v) is 11.4. The van der Waals surface area contributed by atoms with Crippen LogP contribution in [0, 0.1) is 0 Å². The van der Waals surface area contributed by atoms with Crippen molar-refractivity contribution in [3.63, 3.8) is 0 Å².